The van der Waals surface area contributed by atoms with Crippen molar-refractivity contribution in [2.45, 2.75) is 65.5 Å². The van der Waals surface area contributed by atoms with Crippen molar-refractivity contribution in [3.05, 3.63) is 24.3 Å². The van der Waals surface area contributed by atoms with Crippen LogP contribution in [0.15, 0.2) is 12.7 Å². The minimum atomic E-state index is 0.293. The third-order valence-corrected chi connectivity index (χ3v) is 5.09. The minimum Gasteiger partial charge on any atom is -0.343 e. The Bertz CT molecular complexity index is 699. The Morgan fingerprint density at radius 3 is 2.65 bits per heavy atom. The predicted molar refractivity (Wildman–Crippen MR) is 97.4 cm³/mol. The topological polar surface area (TPSA) is 81.7 Å². The largest absolute Gasteiger partial charge is 0.343 e. The van der Waals surface area contributed by atoms with Crippen LogP contribution >= 0.6 is 0 Å². The van der Waals surface area contributed by atoms with Gasteiger partial charge in [-0.05, 0) is 32.1 Å². The first-order chi connectivity index (χ1) is 12.6. The fourth-order valence-electron chi connectivity index (χ4n) is 3.53. The average molecular weight is 359 g/mol. The second-order valence-corrected chi connectivity index (χ2v) is 7.40. The lowest BCUT2D eigenvalue weighted by Gasteiger charge is -2.32. The monoisotopic (exact) mass is 359 g/mol. The molecule has 0 saturated carbocycles. The maximum absolute atomic E-state index is 12.3. The SMILES string of the molecule is CCn1c(Cn2cncn2)nnc1C1CCN(C(=O)CCC(C)C)CC1. The first-order valence-corrected chi connectivity index (χ1v) is 9.60. The van der Waals surface area contributed by atoms with Crippen LogP contribution in [0.3, 0.4) is 0 Å². The molecule has 8 nitrogen and oxygen atoms in total. The van der Waals surface area contributed by atoms with E-state index in [1.54, 1.807) is 11.0 Å². The van der Waals surface area contributed by atoms with Gasteiger partial charge in [0.15, 0.2) is 5.82 Å². The molecule has 8 heteroatoms. The molecule has 0 aromatic carbocycles. The molecule has 3 rings (SSSR count). The standard InChI is InChI=1S/C18H29N7O/c1-4-25-16(11-24-13-19-12-20-24)21-22-18(25)15-7-9-23(10-8-15)17(26)6-5-14(2)3/h12-15H,4-11H2,1-3H3. The number of aromatic nitrogens is 6. The second-order valence-electron chi connectivity index (χ2n) is 7.40. The molecule has 0 spiro atoms. The lowest BCUT2D eigenvalue weighted by Crippen LogP contribution is -2.38. The van der Waals surface area contributed by atoms with Gasteiger partial charge in [0, 0.05) is 32.0 Å². The molecule has 3 heterocycles. The van der Waals surface area contributed by atoms with Gasteiger partial charge in [0.05, 0.1) is 0 Å². The Kier molecular flexibility index (Phi) is 6.00. The van der Waals surface area contributed by atoms with Crippen LogP contribution in [0.25, 0.3) is 0 Å². The summed E-state index contributed by atoms with van der Waals surface area (Å²) in [6.07, 6.45) is 6.75. The summed E-state index contributed by atoms with van der Waals surface area (Å²) in [6, 6.07) is 0. The molecule has 0 radical (unpaired) electrons. The zero-order valence-corrected chi connectivity index (χ0v) is 16.0. The highest BCUT2D eigenvalue weighted by Crippen LogP contribution is 2.28. The number of carbonyl (C=O) groups excluding carboxylic acids is 1. The molecule has 1 aliphatic heterocycles. The van der Waals surface area contributed by atoms with E-state index >= 15 is 0 Å². The summed E-state index contributed by atoms with van der Waals surface area (Å²) in [5, 5.41) is 13.0. The quantitative estimate of drug-likeness (QED) is 0.756. The third-order valence-electron chi connectivity index (χ3n) is 5.09. The van der Waals surface area contributed by atoms with Gasteiger partial charge in [0.1, 0.15) is 25.0 Å². The average Bonchev–Trinajstić information content (AvgIpc) is 3.29. The summed E-state index contributed by atoms with van der Waals surface area (Å²) in [5.41, 5.74) is 0. The summed E-state index contributed by atoms with van der Waals surface area (Å²) >= 11 is 0. The molecule has 1 fully saturated rings. The highest BCUT2D eigenvalue weighted by Gasteiger charge is 2.27. The van der Waals surface area contributed by atoms with Crippen molar-refractivity contribution in [2.75, 3.05) is 13.1 Å². The number of hydrogen-bond acceptors (Lipinski definition) is 5. The number of rotatable bonds is 7. The molecule has 0 bridgehead atoms. The van der Waals surface area contributed by atoms with E-state index in [2.05, 4.69) is 45.6 Å². The molecule has 1 saturated heterocycles. The number of piperidine rings is 1. The molecular formula is C18H29N7O. The molecule has 2 aromatic rings. The normalized spacial score (nSPS) is 15.8. The van der Waals surface area contributed by atoms with Gasteiger partial charge in [0.2, 0.25) is 5.91 Å². The number of carbonyl (C=O) groups is 1. The number of amides is 1. The van der Waals surface area contributed by atoms with Crippen LogP contribution in [0.1, 0.15) is 64.0 Å². The van der Waals surface area contributed by atoms with Crippen molar-refractivity contribution in [3.8, 4) is 0 Å². The Balaban J connectivity index is 1.60. The van der Waals surface area contributed by atoms with Crippen LogP contribution in [-0.2, 0) is 17.9 Å². The minimum absolute atomic E-state index is 0.293. The van der Waals surface area contributed by atoms with Crippen molar-refractivity contribution in [1.82, 2.24) is 34.4 Å². The van der Waals surface area contributed by atoms with Gasteiger partial charge in [-0.2, -0.15) is 5.10 Å². The van der Waals surface area contributed by atoms with Crippen LogP contribution in [0.5, 0.6) is 0 Å². The predicted octanol–water partition coefficient (Wildman–Crippen LogP) is 2.08. The third kappa shape index (κ3) is 4.28. The zero-order valence-electron chi connectivity index (χ0n) is 16.0. The van der Waals surface area contributed by atoms with Crippen LogP contribution in [0, 0.1) is 5.92 Å². The Morgan fingerprint density at radius 2 is 2.04 bits per heavy atom. The zero-order chi connectivity index (χ0) is 18.5. The molecule has 2 aromatic heterocycles. The van der Waals surface area contributed by atoms with Crippen LogP contribution in [0.2, 0.25) is 0 Å². The lowest BCUT2D eigenvalue weighted by atomic mass is 9.95. The van der Waals surface area contributed by atoms with E-state index < -0.39 is 0 Å². The number of nitrogens with zero attached hydrogens (tertiary/aromatic N) is 7. The molecule has 0 unspecified atom stereocenters. The van der Waals surface area contributed by atoms with Crippen LogP contribution in [0.4, 0.5) is 0 Å². The van der Waals surface area contributed by atoms with Gasteiger partial charge in [0.25, 0.3) is 0 Å². The Morgan fingerprint density at radius 1 is 1.27 bits per heavy atom. The molecule has 26 heavy (non-hydrogen) atoms. The molecule has 1 aliphatic rings. The van der Waals surface area contributed by atoms with Gasteiger partial charge in [-0.3, -0.25) is 4.79 Å². The van der Waals surface area contributed by atoms with Crippen molar-refractivity contribution < 1.29 is 4.79 Å². The maximum atomic E-state index is 12.3. The van der Waals surface area contributed by atoms with E-state index in [4.69, 9.17) is 0 Å². The van der Waals surface area contributed by atoms with Crippen molar-refractivity contribution in [1.29, 1.82) is 0 Å². The maximum Gasteiger partial charge on any atom is 0.222 e. The summed E-state index contributed by atoms with van der Waals surface area (Å²) in [4.78, 5) is 18.3. The molecule has 1 amide bonds. The molecular weight excluding hydrogens is 330 g/mol. The van der Waals surface area contributed by atoms with E-state index in [-0.39, 0.29) is 0 Å². The summed E-state index contributed by atoms with van der Waals surface area (Å²) in [7, 11) is 0. The van der Waals surface area contributed by atoms with Crippen LogP contribution in [-0.4, -0.2) is 53.4 Å². The Hall–Kier alpha value is -2.25. The van der Waals surface area contributed by atoms with Gasteiger partial charge in [-0.25, -0.2) is 9.67 Å². The van der Waals surface area contributed by atoms with E-state index in [0.717, 1.165) is 50.5 Å². The second kappa shape index (κ2) is 8.42. The Labute approximate surface area is 154 Å². The van der Waals surface area contributed by atoms with E-state index in [1.807, 2.05) is 4.90 Å². The van der Waals surface area contributed by atoms with E-state index in [1.165, 1.54) is 6.33 Å². The summed E-state index contributed by atoms with van der Waals surface area (Å²) in [6.45, 7) is 9.48. The van der Waals surface area contributed by atoms with Gasteiger partial charge in [-0.1, -0.05) is 13.8 Å². The first kappa shape index (κ1) is 18.5. The van der Waals surface area contributed by atoms with Gasteiger partial charge in [-0.15, -0.1) is 10.2 Å². The van der Waals surface area contributed by atoms with Gasteiger partial charge >= 0.3 is 0 Å². The smallest absolute Gasteiger partial charge is 0.222 e. The number of hydrogen-bond donors (Lipinski definition) is 0. The molecule has 0 N–H and O–H groups in total. The fraction of sp³-hybridized carbons (Fsp3) is 0.722. The first-order valence-electron chi connectivity index (χ1n) is 9.60. The van der Waals surface area contributed by atoms with Gasteiger partial charge < -0.3 is 9.47 Å². The van der Waals surface area contributed by atoms with Crippen molar-refractivity contribution in [3.63, 3.8) is 0 Å². The molecule has 0 aliphatic carbocycles. The van der Waals surface area contributed by atoms with E-state index in [9.17, 15) is 4.79 Å². The summed E-state index contributed by atoms with van der Waals surface area (Å²) in [5.74, 6) is 3.17. The van der Waals surface area contributed by atoms with E-state index in [0.29, 0.717) is 30.7 Å². The summed E-state index contributed by atoms with van der Waals surface area (Å²) < 4.78 is 3.94. The molecule has 0 atom stereocenters. The lowest BCUT2D eigenvalue weighted by molar-refractivity contribution is -0.132. The highest BCUT2D eigenvalue weighted by atomic mass is 16.2. The van der Waals surface area contributed by atoms with Crippen molar-refractivity contribution >= 4 is 5.91 Å². The fourth-order valence-corrected chi connectivity index (χ4v) is 3.53. The highest BCUT2D eigenvalue weighted by molar-refractivity contribution is 5.76. The van der Waals surface area contributed by atoms with Crippen LogP contribution < -0.4 is 0 Å². The molecule has 142 valence electrons. The number of likely N-dealkylation sites (tertiary alicyclic amines) is 1. The van der Waals surface area contributed by atoms with Crippen molar-refractivity contribution in [2.24, 2.45) is 5.92 Å².